The van der Waals surface area contributed by atoms with Gasteiger partial charge in [-0.15, -0.1) is 0 Å². The predicted molar refractivity (Wildman–Crippen MR) is 103 cm³/mol. The Kier molecular flexibility index (Phi) is 6.73. The third-order valence-corrected chi connectivity index (χ3v) is 4.41. The summed E-state index contributed by atoms with van der Waals surface area (Å²) in [5.41, 5.74) is 1.88. The van der Waals surface area contributed by atoms with Gasteiger partial charge in [0.05, 0.1) is 19.6 Å². The lowest BCUT2D eigenvalue weighted by Gasteiger charge is -2.19. The maximum Gasteiger partial charge on any atom is 0.315 e. The highest BCUT2D eigenvalue weighted by molar-refractivity contribution is 5.76. The van der Waals surface area contributed by atoms with Crippen LogP contribution in [-0.2, 0) is 16.0 Å². The second-order valence-corrected chi connectivity index (χ2v) is 6.37. The zero-order valence-corrected chi connectivity index (χ0v) is 15.8. The Bertz CT molecular complexity index is 810. The number of carbonyl (C=O) groups is 2. The van der Waals surface area contributed by atoms with Crippen molar-refractivity contribution in [2.75, 3.05) is 26.9 Å². The molecule has 0 aromatic heterocycles. The topological polar surface area (TPSA) is 85.9 Å². The van der Waals surface area contributed by atoms with Crippen LogP contribution in [0, 0.1) is 0 Å². The van der Waals surface area contributed by atoms with Crippen molar-refractivity contribution in [3.05, 3.63) is 59.7 Å². The van der Waals surface area contributed by atoms with Crippen molar-refractivity contribution in [3.63, 3.8) is 0 Å². The van der Waals surface area contributed by atoms with Crippen molar-refractivity contribution >= 4 is 12.0 Å². The highest BCUT2D eigenvalue weighted by Crippen LogP contribution is 2.30. The van der Waals surface area contributed by atoms with Gasteiger partial charge in [0.1, 0.15) is 13.2 Å². The fourth-order valence-electron chi connectivity index (χ4n) is 2.96. The quantitative estimate of drug-likeness (QED) is 0.717. The van der Waals surface area contributed by atoms with Gasteiger partial charge in [0.15, 0.2) is 11.5 Å². The minimum atomic E-state index is -0.456. The lowest BCUT2D eigenvalue weighted by molar-refractivity contribution is -0.141. The minimum Gasteiger partial charge on any atom is -0.486 e. The van der Waals surface area contributed by atoms with Gasteiger partial charge in [-0.1, -0.05) is 36.4 Å². The average Bonchev–Trinajstić information content (AvgIpc) is 2.73. The number of hydrogen-bond acceptors (Lipinski definition) is 5. The van der Waals surface area contributed by atoms with E-state index in [4.69, 9.17) is 14.2 Å². The number of amides is 2. The summed E-state index contributed by atoms with van der Waals surface area (Å²) in [6.45, 7) is 1.55. The third-order valence-electron chi connectivity index (χ3n) is 4.41. The first kappa shape index (κ1) is 19.5. The molecule has 1 atom stereocenters. The van der Waals surface area contributed by atoms with Crippen LogP contribution >= 0.6 is 0 Å². The summed E-state index contributed by atoms with van der Waals surface area (Å²) in [7, 11) is 1.33. The van der Waals surface area contributed by atoms with Crippen LogP contribution in [0.15, 0.2) is 48.5 Å². The zero-order valence-electron chi connectivity index (χ0n) is 15.8. The molecule has 0 fully saturated rings. The normalized spacial score (nSPS) is 13.3. The zero-order chi connectivity index (χ0) is 19.8. The Hall–Kier alpha value is -3.22. The van der Waals surface area contributed by atoms with E-state index in [2.05, 4.69) is 10.6 Å². The third kappa shape index (κ3) is 5.39. The summed E-state index contributed by atoms with van der Waals surface area (Å²) in [6, 6.07) is 14.3. The second kappa shape index (κ2) is 9.64. The summed E-state index contributed by atoms with van der Waals surface area (Å²) < 4.78 is 15.8. The van der Waals surface area contributed by atoms with E-state index < -0.39 is 6.04 Å². The van der Waals surface area contributed by atoms with Gasteiger partial charge in [0.2, 0.25) is 0 Å². The molecule has 0 spiro atoms. The summed E-state index contributed by atoms with van der Waals surface area (Å²) in [5.74, 6) is 1.09. The number of methoxy groups -OCH3 is 1. The molecular formula is C21H24N2O5. The van der Waals surface area contributed by atoms with Crippen LogP contribution in [0.25, 0.3) is 0 Å². The summed E-state index contributed by atoms with van der Waals surface area (Å²) in [5, 5.41) is 5.67. The molecule has 0 aliphatic carbocycles. The molecule has 0 radical (unpaired) electrons. The minimum absolute atomic E-state index is 0.0656. The molecule has 148 valence electrons. The first-order valence-corrected chi connectivity index (χ1v) is 9.20. The average molecular weight is 384 g/mol. The van der Waals surface area contributed by atoms with E-state index >= 15 is 0 Å². The number of hydrogen-bond donors (Lipinski definition) is 2. The molecule has 2 aromatic rings. The van der Waals surface area contributed by atoms with E-state index in [1.165, 1.54) is 7.11 Å². The van der Waals surface area contributed by atoms with Crippen molar-refractivity contribution in [2.24, 2.45) is 0 Å². The number of carbonyl (C=O) groups excluding carboxylic acids is 2. The largest absolute Gasteiger partial charge is 0.486 e. The molecule has 1 aliphatic heterocycles. The van der Waals surface area contributed by atoms with Gasteiger partial charge in [-0.25, -0.2) is 4.79 Å². The molecule has 0 unspecified atom stereocenters. The molecule has 0 saturated carbocycles. The smallest absolute Gasteiger partial charge is 0.315 e. The Morgan fingerprint density at radius 2 is 1.82 bits per heavy atom. The molecule has 0 bridgehead atoms. The number of urea groups is 1. The fraction of sp³-hybridized carbons (Fsp3) is 0.333. The van der Waals surface area contributed by atoms with E-state index in [0.29, 0.717) is 26.2 Å². The maximum absolute atomic E-state index is 12.3. The Morgan fingerprint density at radius 1 is 1.07 bits per heavy atom. The molecule has 0 saturated heterocycles. The van der Waals surface area contributed by atoms with Gasteiger partial charge < -0.3 is 24.8 Å². The van der Waals surface area contributed by atoms with Gasteiger partial charge in [-0.2, -0.15) is 0 Å². The van der Waals surface area contributed by atoms with Crippen LogP contribution in [0.1, 0.15) is 23.6 Å². The SMILES string of the molecule is COC(=O)C[C@@H](NC(=O)NCCc1ccc2c(c1)OCCO2)c1ccccc1. The molecule has 2 aromatic carbocycles. The molecule has 2 N–H and O–H groups in total. The van der Waals surface area contributed by atoms with Crippen LogP contribution in [-0.4, -0.2) is 38.9 Å². The first-order chi connectivity index (χ1) is 13.7. The molecule has 1 heterocycles. The van der Waals surface area contributed by atoms with Crippen LogP contribution < -0.4 is 20.1 Å². The standard InChI is InChI=1S/C21H24N2O5/c1-26-20(24)14-17(16-5-3-2-4-6-16)23-21(25)22-10-9-15-7-8-18-19(13-15)28-12-11-27-18/h2-8,13,17H,9-12,14H2,1H3,(H2,22,23,25)/t17-/m1/s1. The van der Waals surface area contributed by atoms with Crippen molar-refractivity contribution in [1.29, 1.82) is 0 Å². The van der Waals surface area contributed by atoms with Crippen LogP contribution in [0.3, 0.4) is 0 Å². The van der Waals surface area contributed by atoms with E-state index in [1.54, 1.807) is 0 Å². The van der Waals surface area contributed by atoms with Crippen molar-refractivity contribution in [3.8, 4) is 11.5 Å². The molecular weight excluding hydrogens is 360 g/mol. The molecule has 28 heavy (non-hydrogen) atoms. The number of ether oxygens (including phenoxy) is 3. The molecule has 7 nitrogen and oxygen atoms in total. The maximum atomic E-state index is 12.3. The van der Waals surface area contributed by atoms with Crippen LogP contribution in [0.4, 0.5) is 4.79 Å². The molecule has 2 amide bonds. The van der Waals surface area contributed by atoms with Crippen molar-refractivity contribution in [1.82, 2.24) is 10.6 Å². The van der Waals surface area contributed by atoms with Gasteiger partial charge >= 0.3 is 12.0 Å². The monoisotopic (exact) mass is 384 g/mol. The van der Waals surface area contributed by atoms with Gasteiger partial charge in [-0.3, -0.25) is 4.79 Å². The van der Waals surface area contributed by atoms with Gasteiger partial charge in [0.25, 0.3) is 0 Å². The van der Waals surface area contributed by atoms with E-state index in [0.717, 1.165) is 22.6 Å². The van der Waals surface area contributed by atoms with E-state index in [1.807, 2.05) is 48.5 Å². The lowest BCUT2D eigenvalue weighted by atomic mass is 10.0. The van der Waals surface area contributed by atoms with Crippen LogP contribution in [0.2, 0.25) is 0 Å². The van der Waals surface area contributed by atoms with Gasteiger partial charge in [-0.05, 0) is 29.7 Å². The number of esters is 1. The number of nitrogens with one attached hydrogen (secondary N) is 2. The Balaban J connectivity index is 1.52. The highest BCUT2D eigenvalue weighted by atomic mass is 16.6. The number of rotatable bonds is 7. The van der Waals surface area contributed by atoms with Crippen molar-refractivity contribution in [2.45, 2.75) is 18.9 Å². The van der Waals surface area contributed by atoms with E-state index in [9.17, 15) is 9.59 Å². The van der Waals surface area contributed by atoms with Gasteiger partial charge in [0, 0.05) is 6.54 Å². The first-order valence-electron chi connectivity index (χ1n) is 9.20. The highest BCUT2D eigenvalue weighted by Gasteiger charge is 2.18. The predicted octanol–water partition coefficient (Wildman–Crippen LogP) is 2.60. The van der Waals surface area contributed by atoms with E-state index in [-0.39, 0.29) is 18.4 Å². The van der Waals surface area contributed by atoms with Crippen LogP contribution in [0.5, 0.6) is 11.5 Å². The summed E-state index contributed by atoms with van der Waals surface area (Å²) in [6.07, 6.45) is 0.715. The molecule has 1 aliphatic rings. The fourth-order valence-corrected chi connectivity index (χ4v) is 2.96. The molecule has 7 heteroatoms. The Labute approximate surface area is 164 Å². The summed E-state index contributed by atoms with van der Waals surface area (Å²) in [4.78, 5) is 24.0. The second-order valence-electron chi connectivity index (χ2n) is 6.37. The molecule has 3 rings (SSSR count). The van der Waals surface area contributed by atoms with Crippen molar-refractivity contribution < 1.29 is 23.8 Å². The number of fused-ring (bicyclic) bond motifs is 1. The number of benzene rings is 2. The Morgan fingerprint density at radius 3 is 2.57 bits per heavy atom. The summed E-state index contributed by atoms with van der Waals surface area (Å²) >= 11 is 0. The lowest BCUT2D eigenvalue weighted by Crippen LogP contribution is -2.39.